The normalized spacial score (nSPS) is 20.9. The molecular weight excluding hydrogens is 215 g/mol. The molecule has 0 radical (unpaired) electrons. The van der Waals surface area contributed by atoms with E-state index in [2.05, 4.69) is 11.8 Å². The highest BCUT2D eigenvalue weighted by Gasteiger charge is 2.22. The number of rotatable bonds is 4. The SMILES string of the molecule is CCCC1CCN(Cc2c(N)cccc2F)C1. The van der Waals surface area contributed by atoms with Gasteiger partial charge in [0.05, 0.1) is 0 Å². The van der Waals surface area contributed by atoms with Crippen LogP contribution in [0.2, 0.25) is 0 Å². The largest absolute Gasteiger partial charge is 0.398 e. The number of nitrogens with zero attached hydrogens (tertiary/aromatic N) is 1. The molecule has 0 aromatic heterocycles. The zero-order valence-electron chi connectivity index (χ0n) is 10.5. The smallest absolute Gasteiger partial charge is 0.129 e. The molecule has 0 aliphatic carbocycles. The number of nitrogen functional groups attached to an aromatic ring is 1. The van der Waals surface area contributed by atoms with Gasteiger partial charge in [-0.15, -0.1) is 0 Å². The summed E-state index contributed by atoms with van der Waals surface area (Å²) in [5.74, 6) is 0.608. The number of nitrogens with two attached hydrogens (primary N) is 1. The number of hydrogen-bond donors (Lipinski definition) is 1. The monoisotopic (exact) mass is 236 g/mol. The Hall–Kier alpha value is -1.09. The fourth-order valence-corrected chi connectivity index (χ4v) is 2.67. The molecule has 94 valence electrons. The summed E-state index contributed by atoms with van der Waals surface area (Å²) in [4.78, 5) is 2.31. The van der Waals surface area contributed by atoms with E-state index in [4.69, 9.17) is 5.73 Å². The van der Waals surface area contributed by atoms with Crippen LogP contribution in [-0.2, 0) is 6.54 Å². The number of hydrogen-bond acceptors (Lipinski definition) is 2. The van der Waals surface area contributed by atoms with E-state index in [1.165, 1.54) is 25.3 Å². The fourth-order valence-electron chi connectivity index (χ4n) is 2.67. The van der Waals surface area contributed by atoms with E-state index < -0.39 is 0 Å². The van der Waals surface area contributed by atoms with Crippen molar-refractivity contribution in [3.05, 3.63) is 29.6 Å². The molecule has 1 heterocycles. The Bertz CT molecular complexity index is 358. The highest BCUT2D eigenvalue weighted by Crippen LogP contribution is 2.25. The van der Waals surface area contributed by atoms with Gasteiger partial charge in [-0.25, -0.2) is 4.39 Å². The van der Waals surface area contributed by atoms with E-state index in [1.54, 1.807) is 12.1 Å². The zero-order valence-corrected chi connectivity index (χ0v) is 10.5. The Morgan fingerprint density at radius 1 is 1.47 bits per heavy atom. The zero-order chi connectivity index (χ0) is 12.3. The molecule has 1 saturated heterocycles. The van der Waals surface area contributed by atoms with Gasteiger partial charge in [0, 0.05) is 24.3 Å². The van der Waals surface area contributed by atoms with Gasteiger partial charge in [-0.1, -0.05) is 19.4 Å². The molecule has 1 atom stereocenters. The second kappa shape index (κ2) is 5.50. The third kappa shape index (κ3) is 2.97. The van der Waals surface area contributed by atoms with E-state index in [-0.39, 0.29) is 5.82 Å². The lowest BCUT2D eigenvalue weighted by atomic mass is 10.0. The molecule has 0 amide bonds. The van der Waals surface area contributed by atoms with Crippen molar-refractivity contribution in [1.29, 1.82) is 0 Å². The van der Waals surface area contributed by atoms with Crippen LogP contribution >= 0.6 is 0 Å². The number of halogens is 1. The van der Waals surface area contributed by atoms with Gasteiger partial charge in [0.25, 0.3) is 0 Å². The van der Waals surface area contributed by atoms with Gasteiger partial charge in [0.1, 0.15) is 5.82 Å². The Morgan fingerprint density at radius 3 is 3.00 bits per heavy atom. The molecule has 17 heavy (non-hydrogen) atoms. The van der Waals surface area contributed by atoms with Crippen LogP contribution in [0.4, 0.5) is 10.1 Å². The van der Waals surface area contributed by atoms with Gasteiger partial charge in [-0.05, 0) is 37.4 Å². The van der Waals surface area contributed by atoms with Crippen LogP contribution in [0.3, 0.4) is 0 Å². The lowest BCUT2D eigenvalue weighted by Gasteiger charge is -2.17. The van der Waals surface area contributed by atoms with E-state index in [9.17, 15) is 4.39 Å². The fraction of sp³-hybridized carbons (Fsp3) is 0.571. The van der Waals surface area contributed by atoms with Crippen LogP contribution in [0.1, 0.15) is 31.7 Å². The quantitative estimate of drug-likeness (QED) is 0.814. The molecule has 1 aromatic carbocycles. The second-order valence-electron chi connectivity index (χ2n) is 4.99. The summed E-state index contributed by atoms with van der Waals surface area (Å²) in [6.45, 7) is 5.02. The number of anilines is 1. The van der Waals surface area contributed by atoms with E-state index in [0.717, 1.165) is 19.0 Å². The van der Waals surface area contributed by atoms with Crippen molar-refractivity contribution in [2.24, 2.45) is 5.92 Å². The van der Waals surface area contributed by atoms with Gasteiger partial charge in [-0.3, -0.25) is 4.90 Å². The predicted molar refractivity (Wildman–Crippen MR) is 69.1 cm³/mol. The number of likely N-dealkylation sites (tertiary alicyclic amines) is 1. The summed E-state index contributed by atoms with van der Waals surface area (Å²) in [5.41, 5.74) is 7.06. The highest BCUT2D eigenvalue weighted by atomic mass is 19.1. The van der Waals surface area contributed by atoms with Crippen LogP contribution in [0.5, 0.6) is 0 Å². The first-order valence-corrected chi connectivity index (χ1v) is 6.46. The summed E-state index contributed by atoms with van der Waals surface area (Å²) in [7, 11) is 0. The first-order valence-electron chi connectivity index (χ1n) is 6.46. The van der Waals surface area contributed by atoms with Crippen LogP contribution in [-0.4, -0.2) is 18.0 Å². The van der Waals surface area contributed by atoms with E-state index in [0.29, 0.717) is 17.8 Å². The predicted octanol–water partition coefficient (Wildman–Crippen LogP) is 3.03. The Balaban J connectivity index is 1.98. The summed E-state index contributed by atoms with van der Waals surface area (Å²) >= 11 is 0. The van der Waals surface area contributed by atoms with Gasteiger partial charge in [0.15, 0.2) is 0 Å². The Labute approximate surface area is 103 Å². The molecule has 2 N–H and O–H groups in total. The second-order valence-corrected chi connectivity index (χ2v) is 4.99. The topological polar surface area (TPSA) is 29.3 Å². The van der Waals surface area contributed by atoms with Crippen molar-refractivity contribution in [2.45, 2.75) is 32.7 Å². The van der Waals surface area contributed by atoms with E-state index in [1.807, 2.05) is 0 Å². The van der Waals surface area contributed by atoms with Gasteiger partial charge in [-0.2, -0.15) is 0 Å². The maximum absolute atomic E-state index is 13.6. The van der Waals surface area contributed by atoms with Crippen LogP contribution in [0.25, 0.3) is 0 Å². The van der Waals surface area contributed by atoms with Gasteiger partial charge < -0.3 is 5.73 Å². The molecule has 2 nitrogen and oxygen atoms in total. The lowest BCUT2D eigenvalue weighted by Crippen LogP contribution is -2.21. The lowest BCUT2D eigenvalue weighted by molar-refractivity contribution is 0.308. The molecule has 2 rings (SSSR count). The third-order valence-corrected chi connectivity index (χ3v) is 3.60. The standard InChI is InChI=1S/C14H21FN2/c1-2-4-11-7-8-17(9-11)10-12-13(15)5-3-6-14(12)16/h3,5-6,11H,2,4,7-10,16H2,1H3. The molecule has 3 heteroatoms. The number of benzene rings is 1. The molecule has 0 saturated carbocycles. The average molecular weight is 236 g/mol. The molecule has 0 spiro atoms. The van der Waals surface area contributed by atoms with Crippen molar-refractivity contribution in [3.8, 4) is 0 Å². The van der Waals surface area contributed by atoms with Crippen molar-refractivity contribution in [1.82, 2.24) is 4.90 Å². The van der Waals surface area contributed by atoms with Crippen LogP contribution < -0.4 is 5.73 Å². The molecular formula is C14H21FN2. The third-order valence-electron chi connectivity index (χ3n) is 3.60. The average Bonchev–Trinajstić information content (AvgIpc) is 2.72. The van der Waals surface area contributed by atoms with Crippen molar-refractivity contribution in [2.75, 3.05) is 18.8 Å². The molecule has 1 aromatic rings. The van der Waals surface area contributed by atoms with Crippen LogP contribution in [0, 0.1) is 11.7 Å². The molecule has 1 aliphatic rings. The maximum atomic E-state index is 13.6. The maximum Gasteiger partial charge on any atom is 0.129 e. The minimum Gasteiger partial charge on any atom is -0.398 e. The minimum atomic E-state index is -0.177. The van der Waals surface area contributed by atoms with E-state index >= 15 is 0 Å². The first kappa shape index (κ1) is 12.4. The summed E-state index contributed by atoms with van der Waals surface area (Å²) in [6.07, 6.45) is 3.76. The summed E-state index contributed by atoms with van der Waals surface area (Å²) in [6, 6.07) is 4.93. The van der Waals surface area contributed by atoms with Crippen molar-refractivity contribution < 1.29 is 4.39 Å². The molecule has 0 bridgehead atoms. The molecule has 1 fully saturated rings. The van der Waals surface area contributed by atoms with Crippen molar-refractivity contribution >= 4 is 5.69 Å². The minimum absolute atomic E-state index is 0.177. The molecule has 1 aliphatic heterocycles. The van der Waals surface area contributed by atoms with Gasteiger partial charge >= 0.3 is 0 Å². The summed E-state index contributed by atoms with van der Waals surface area (Å²) in [5, 5.41) is 0. The highest BCUT2D eigenvalue weighted by molar-refractivity contribution is 5.47. The Kier molecular flexibility index (Phi) is 4.00. The molecule has 1 unspecified atom stereocenters. The van der Waals surface area contributed by atoms with Crippen LogP contribution in [0.15, 0.2) is 18.2 Å². The van der Waals surface area contributed by atoms with Crippen molar-refractivity contribution in [3.63, 3.8) is 0 Å². The Morgan fingerprint density at radius 2 is 2.29 bits per heavy atom. The first-order chi connectivity index (χ1) is 8.20. The summed E-state index contributed by atoms with van der Waals surface area (Å²) < 4.78 is 13.6. The van der Waals surface area contributed by atoms with Gasteiger partial charge in [0.2, 0.25) is 0 Å².